The normalized spacial score (nSPS) is 17.2. The van der Waals surface area contributed by atoms with E-state index < -0.39 is 5.41 Å². The van der Waals surface area contributed by atoms with Gasteiger partial charge in [0.05, 0.1) is 22.5 Å². The molecular weight excluding hydrogens is 381 g/mol. The third-order valence-electron chi connectivity index (χ3n) is 6.04. The topological polar surface area (TPSA) is 56.2 Å². The molecule has 1 aliphatic rings. The second-order valence-corrected chi connectivity index (χ2v) is 8.29. The lowest BCUT2D eigenvalue weighted by Crippen LogP contribution is -2.49. The fourth-order valence-corrected chi connectivity index (χ4v) is 4.50. The molecule has 1 saturated heterocycles. The van der Waals surface area contributed by atoms with Gasteiger partial charge in [0.1, 0.15) is 11.6 Å². The Kier molecular flexibility index (Phi) is 5.60. The number of para-hydroxylation sites is 2. The van der Waals surface area contributed by atoms with Gasteiger partial charge in [-0.05, 0) is 51.8 Å². The highest BCUT2D eigenvalue weighted by Crippen LogP contribution is 2.37. The molecule has 1 fully saturated rings. The molecule has 4 rings (SSSR count). The summed E-state index contributed by atoms with van der Waals surface area (Å²) in [7, 11) is 0. The minimum absolute atomic E-state index is 0.175. The Hall–Kier alpha value is -2.73. The molecule has 0 unspecified atom stereocenters. The molecule has 1 N–H and O–H groups in total. The summed E-state index contributed by atoms with van der Waals surface area (Å²) >= 11 is 0. The number of benzene rings is 2. The molecule has 0 saturated carbocycles. The van der Waals surface area contributed by atoms with Gasteiger partial charge in [0.15, 0.2) is 0 Å². The molecule has 30 heavy (non-hydrogen) atoms. The van der Waals surface area contributed by atoms with Crippen LogP contribution < -0.4 is 5.32 Å². The quantitative estimate of drug-likeness (QED) is 0.666. The maximum atomic E-state index is 14.7. The lowest BCUT2D eigenvalue weighted by Gasteiger charge is -2.37. The van der Waals surface area contributed by atoms with Crippen LogP contribution in [-0.4, -0.2) is 28.7 Å². The number of aromatic nitrogens is 2. The zero-order valence-corrected chi connectivity index (χ0v) is 17.7. The third kappa shape index (κ3) is 3.49. The van der Waals surface area contributed by atoms with Crippen molar-refractivity contribution in [3.63, 3.8) is 0 Å². The van der Waals surface area contributed by atoms with E-state index >= 15 is 0 Å². The van der Waals surface area contributed by atoms with E-state index in [9.17, 15) is 9.18 Å². The van der Waals surface area contributed by atoms with Gasteiger partial charge in [0, 0.05) is 24.8 Å². The summed E-state index contributed by atoms with van der Waals surface area (Å²) in [6, 6.07) is 14.4. The van der Waals surface area contributed by atoms with Crippen LogP contribution >= 0.6 is 0 Å². The largest absolute Gasteiger partial charge is 0.381 e. The van der Waals surface area contributed by atoms with Crippen LogP contribution in [0, 0.1) is 5.82 Å². The lowest BCUT2D eigenvalue weighted by atomic mass is 9.73. The van der Waals surface area contributed by atoms with Gasteiger partial charge in [-0.15, -0.1) is 0 Å². The molecule has 1 atom stereocenters. The Morgan fingerprint density at radius 1 is 1.10 bits per heavy atom. The van der Waals surface area contributed by atoms with Gasteiger partial charge in [-0.25, -0.2) is 9.37 Å². The molecule has 1 amide bonds. The van der Waals surface area contributed by atoms with Crippen molar-refractivity contribution in [2.75, 3.05) is 13.2 Å². The number of nitrogens with one attached hydrogen (secondary N) is 1. The maximum Gasteiger partial charge on any atom is 0.231 e. The van der Waals surface area contributed by atoms with E-state index in [4.69, 9.17) is 9.72 Å². The molecular formula is C24H28FN3O2. The molecule has 0 spiro atoms. The molecule has 5 nitrogen and oxygen atoms in total. The summed E-state index contributed by atoms with van der Waals surface area (Å²) in [4.78, 5) is 18.4. The van der Waals surface area contributed by atoms with Crippen molar-refractivity contribution in [2.45, 2.75) is 51.1 Å². The van der Waals surface area contributed by atoms with Crippen LogP contribution in [0.3, 0.4) is 0 Å². The predicted molar refractivity (Wildman–Crippen MR) is 115 cm³/mol. The number of halogens is 1. The first-order valence-electron chi connectivity index (χ1n) is 10.5. The number of hydrogen-bond acceptors (Lipinski definition) is 3. The molecule has 0 aliphatic carbocycles. The second kappa shape index (κ2) is 8.19. The van der Waals surface area contributed by atoms with Crippen molar-refractivity contribution in [2.24, 2.45) is 0 Å². The van der Waals surface area contributed by atoms with Crippen LogP contribution in [0.15, 0.2) is 48.5 Å². The van der Waals surface area contributed by atoms with Crippen LogP contribution in [0.1, 0.15) is 57.1 Å². The minimum atomic E-state index is -0.938. The Bertz CT molecular complexity index is 1050. The summed E-state index contributed by atoms with van der Waals surface area (Å²) < 4.78 is 22.4. The maximum absolute atomic E-state index is 14.7. The number of carbonyl (C=O) groups excluding carboxylic acids is 1. The molecule has 1 aromatic heterocycles. The van der Waals surface area contributed by atoms with Gasteiger partial charge in [-0.3, -0.25) is 4.79 Å². The second-order valence-electron chi connectivity index (χ2n) is 8.29. The SMILES string of the molecule is CC(C)n1c([C@H](C)NC(=O)C2(c3ccccc3F)CCOCC2)nc2ccccc21. The molecule has 1 aliphatic heterocycles. The zero-order chi connectivity index (χ0) is 21.3. The molecule has 2 heterocycles. The Balaban J connectivity index is 1.69. The smallest absolute Gasteiger partial charge is 0.231 e. The van der Waals surface area contributed by atoms with Crippen LogP contribution in [0.4, 0.5) is 4.39 Å². The highest BCUT2D eigenvalue weighted by Gasteiger charge is 2.44. The first-order chi connectivity index (χ1) is 14.4. The number of amides is 1. The van der Waals surface area contributed by atoms with Gasteiger partial charge in [0.25, 0.3) is 0 Å². The van der Waals surface area contributed by atoms with Gasteiger partial charge < -0.3 is 14.6 Å². The predicted octanol–water partition coefficient (Wildman–Crippen LogP) is 4.68. The third-order valence-corrected chi connectivity index (χ3v) is 6.04. The average molecular weight is 410 g/mol. The highest BCUT2D eigenvalue weighted by molar-refractivity contribution is 5.89. The van der Waals surface area contributed by atoms with E-state index in [1.165, 1.54) is 6.07 Å². The van der Waals surface area contributed by atoms with Gasteiger partial charge >= 0.3 is 0 Å². The molecule has 158 valence electrons. The summed E-state index contributed by atoms with van der Waals surface area (Å²) in [5.41, 5.74) is 1.44. The monoisotopic (exact) mass is 409 g/mol. The summed E-state index contributed by atoms with van der Waals surface area (Å²) in [5.74, 6) is 0.276. The van der Waals surface area contributed by atoms with E-state index in [1.807, 2.05) is 31.2 Å². The summed E-state index contributed by atoms with van der Waals surface area (Å²) in [5, 5.41) is 3.14. The van der Waals surface area contributed by atoms with Gasteiger partial charge in [0.2, 0.25) is 5.91 Å². The van der Waals surface area contributed by atoms with Crippen LogP contribution in [0.5, 0.6) is 0 Å². The minimum Gasteiger partial charge on any atom is -0.381 e. The number of ether oxygens (including phenoxy) is 1. The number of imidazole rings is 1. The number of rotatable bonds is 5. The summed E-state index contributed by atoms with van der Waals surface area (Å²) in [6.45, 7) is 7.00. The summed E-state index contributed by atoms with van der Waals surface area (Å²) in [6.07, 6.45) is 0.903. The standard InChI is InChI=1S/C24H28FN3O2/c1-16(2)28-21-11-7-6-10-20(21)27-22(28)17(3)26-23(29)24(12-14-30-15-13-24)18-8-4-5-9-19(18)25/h4-11,16-17H,12-15H2,1-3H3,(H,26,29)/t17-/m0/s1. The number of nitrogens with zero attached hydrogens (tertiary/aromatic N) is 2. The zero-order valence-electron chi connectivity index (χ0n) is 17.7. The van der Waals surface area contributed by atoms with Crippen molar-refractivity contribution in [3.8, 4) is 0 Å². The van der Waals surface area contributed by atoms with E-state index in [2.05, 4.69) is 23.7 Å². The molecule has 6 heteroatoms. The van der Waals surface area contributed by atoms with Crippen LogP contribution in [-0.2, 0) is 14.9 Å². The first kappa shape index (κ1) is 20.5. The van der Waals surface area contributed by atoms with Crippen molar-refractivity contribution in [1.29, 1.82) is 0 Å². The van der Waals surface area contributed by atoms with Crippen LogP contribution in [0.25, 0.3) is 11.0 Å². The van der Waals surface area contributed by atoms with E-state index in [-0.39, 0.29) is 23.8 Å². The number of hydrogen-bond donors (Lipinski definition) is 1. The average Bonchev–Trinajstić information content (AvgIpc) is 3.14. The molecule has 3 aromatic rings. The van der Waals surface area contributed by atoms with Crippen molar-refractivity contribution in [3.05, 3.63) is 65.7 Å². The molecule has 0 radical (unpaired) electrons. The lowest BCUT2D eigenvalue weighted by molar-refractivity contribution is -0.131. The van der Waals surface area contributed by atoms with E-state index in [1.54, 1.807) is 18.2 Å². The Morgan fingerprint density at radius 2 is 1.77 bits per heavy atom. The Morgan fingerprint density at radius 3 is 2.47 bits per heavy atom. The number of carbonyl (C=O) groups is 1. The first-order valence-corrected chi connectivity index (χ1v) is 10.5. The fourth-order valence-electron chi connectivity index (χ4n) is 4.50. The van der Waals surface area contributed by atoms with Gasteiger partial charge in [-0.2, -0.15) is 0 Å². The highest BCUT2D eigenvalue weighted by atomic mass is 19.1. The van der Waals surface area contributed by atoms with E-state index in [0.29, 0.717) is 31.6 Å². The Labute approximate surface area is 176 Å². The molecule has 2 aromatic carbocycles. The van der Waals surface area contributed by atoms with Gasteiger partial charge in [-0.1, -0.05) is 30.3 Å². The van der Waals surface area contributed by atoms with Crippen molar-refractivity contribution >= 4 is 16.9 Å². The fraction of sp³-hybridized carbons (Fsp3) is 0.417. The van der Waals surface area contributed by atoms with Crippen molar-refractivity contribution in [1.82, 2.24) is 14.9 Å². The number of fused-ring (bicyclic) bond motifs is 1. The molecule has 0 bridgehead atoms. The van der Waals surface area contributed by atoms with E-state index in [0.717, 1.165) is 16.9 Å². The van der Waals surface area contributed by atoms with Crippen molar-refractivity contribution < 1.29 is 13.9 Å². The van der Waals surface area contributed by atoms with Crippen LogP contribution in [0.2, 0.25) is 0 Å².